The molecule has 3 nitrogen and oxygen atoms in total. The van der Waals surface area contributed by atoms with Crippen LogP contribution in [0.4, 0.5) is 24.5 Å². The van der Waals surface area contributed by atoms with Gasteiger partial charge in [0.05, 0.1) is 23.0 Å². The van der Waals surface area contributed by atoms with Crippen molar-refractivity contribution in [3.05, 3.63) is 23.8 Å². The predicted octanol–water partition coefficient (Wildman–Crippen LogP) is 2.86. The van der Waals surface area contributed by atoms with Gasteiger partial charge < -0.3 is 16.2 Å². The van der Waals surface area contributed by atoms with E-state index in [4.69, 9.17) is 5.73 Å². The van der Waals surface area contributed by atoms with Gasteiger partial charge >= 0.3 is 6.18 Å². The van der Waals surface area contributed by atoms with Gasteiger partial charge in [-0.15, -0.1) is 0 Å². The van der Waals surface area contributed by atoms with Gasteiger partial charge in [0.25, 0.3) is 0 Å². The fourth-order valence-electron chi connectivity index (χ4n) is 2.39. The summed E-state index contributed by atoms with van der Waals surface area (Å²) >= 11 is 0. The molecule has 6 heteroatoms. The number of nitrogens with two attached hydrogens (primary N) is 1. The largest absolute Gasteiger partial charge is 0.416 e. The lowest BCUT2D eigenvalue weighted by atomic mass is 10.1. The van der Waals surface area contributed by atoms with Crippen LogP contribution in [-0.2, 0) is 6.18 Å². The number of hydrogen-bond donors (Lipinski definition) is 3. The summed E-state index contributed by atoms with van der Waals surface area (Å²) < 4.78 is 37.4. The maximum atomic E-state index is 12.5. The summed E-state index contributed by atoms with van der Waals surface area (Å²) in [7, 11) is 0. The molecule has 1 aromatic carbocycles. The van der Waals surface area contributed by atoms with Gasteiger partial charge in [-0.1, -0.05) is 0 Å². The molecule has 0 radical (unpaired) electrons. The normalized spacial score (nSPS) is 23.6. The number of benzene rings is 1. The van der Waals surface area contributed by atoms with E-state index in [9.17, 15) is 18.3 Å². The number of rotatable bonds is 3. The fourth-order valence-corrected chi connectivity index (χ4v) is 2.39. The first kappa shape index (κ1) is 14.0. The third kappa shape index (κ3) is 3.53. The molecule has 19 heavy (non-hydrogen) atoms. The minimum Gasteiger partial charge on any atom is -0.397 e. The number of anilines is 2. The number of halogens is 3. The van der Waals surface area contributed by atoms with Crippen LogP contribution in [0.15, 0.2) is 18.2 Å². The van der Waals surface area contributed by atoms with E-state index in [1.165, 1.54) is 6.07 Å². The van der Waals surface area contributed by atoms with E-state index in [1.54, 1.807) is 0 Å². The van der Waals surface area contributed by atoms with E-state index in [0.717, 1.165) is 31.4 Å². The number of alkyl halides is 3. The molecule has 4 N–H and O–H groups in total. The van der Waals surface area contributed by atoms with Crippen molar-refractivity contribution in [1.29, 1.82) is 0 Å². The molecule has 1 saturated carbocycles. The molecule has 0 bridgehead atoms. The third-order valence-corrected chi connectivity index (χ3v) is 3.47. The van der Waals surface area contributed by atoms with Gasteiger partial charge in [-0.05, 0) is 43.4 Å². The summed E-state index contributed by atoms with van der Waals surface area (Å²) in [5, 5.41) is 12.5. The van der Waals surface area contributed by atoms with Crippen LogP contribution in [0.5, 0.6) is 0 Å². The molecule has 2 rings (SSSR count). The Morgan fingerprint density at radius 2 is 2.05 bits per heavy atom. The standard InChI is InChI=1S/C13H17F3N2O/c14-13(15,16)9-2-4-12(11(17)6-9)18-7-8-1-3-10(19)5-8/h2,4,6,8,10,18-19H,1,3,5,7,17H2. The van der Waals surface area contributed by atoms with Gasteiger partial charge in [0.1, 0.15) is 0 Å². The highest BCUT2D eigenvalue weighted by atomic mass is 19.4. The number of hydrogen-bond acceptors (Lipinski definition) is 3. The van der Waals surface area contributed by atoms with Gasteiger partial charge in [-0.25, -0.2) is 0 Å². The molecular weight excluding hydrogens is 257 g/mol. The van der Waals surface area contributed by atoms with Crippen molar-refractivity contribution in [2.75, 3.05) is 17.6 Å². The topological polar surface area (TPSA) is 58.3 Å². The second-order valence-corrected chi connectivity index (χ2v) is 5.01. The Labute approximate surface area is 109 Å². The highest BCUT2D eigenvalue weighted by Gasteiger charge is 2.30. The first-order valence-electron chi connectivity index (χ1n) is 6.25. The molecule has 0 saturated heterocycles. The second-order valence-electron chi connectivity index (χ2n) is 5.01. The molecule has 1 aliphatic carbocycles. The molecule has 1 aliphatic rings. The molecule has 0 heterocycles. The molecule has 2 unspecified atom stereocenters. The van der Waals surface area contributed by atoms with Crippen molar-refractivity contribution in [3.63, 3.8) is 0 Å². The molecule has 1 fully saturated rings. The summed E-state index contributed by atoms with van der Waals surface area (Å²) in [6.45, 7) is 0.618. The monoisotopic (exact) mass is 274 g/mol. The molecule has 0 aliphatic heterocycles. The zero-order valence-corrected chi connectivity index (χ0v) is 10.4. The van der Waals surface area contributed by atoms with E-state index < -0.39 is 11.7 Å². The van der Waals surface area contributed by atoms with E-state index in [1.807, 2.05) is 0 Å². The van der Waals surface area contributed by atoms with Gasteiger partial charge in [0.15, 0.2) is 0 Å². The Morgan fingerprint density at radius 3 is 2.58 bits per heavy atom. The van der Waals surface area contributed by atoms with Gasteiger partial charge in [-0.2, -0.15) is 13.2 Å². The van der Waals surface area contributed by atoms with E-state index in [2.05, 4.69) is 5.32 Å². The lowest BCUT2D eigenvalue weighted by Crippen LogP contribution is -2.14. The SMILES string of the molecule is Nc1cc(C(F)(F)F)ccc1NCC1CCC(O)C1. The summed E-state index contributed by atoms with van der Waals surface area (Å²) in [5.41, 5.74) is 5.47. The van der Waals surface area contributed by atoms with Crippen molar-refractivity contribution >= 4 is 11.4 Å². The summed E-state index contributed by atoms with van der Waals surface area (Å²) in [6, 6.07) is 3.30. The van der Waals surface area contributed by atoms with E-state index in [0.29, 0.717) is 18.2 Å². The lowest BCUT2D eigenvalue weighted by Gasteiger charge is -2.15. The molecule has 0 aromatic heterocycles. The first-order chi connectivity index (χ1) is 8.86. The average molecular weight is 274 g/mol. The van der Waals surface area contributed by atoms with Crippen LogP contribution in [0.25, 0.3) is 0 Å². The smallest absolute Gasteiger partial charge is 0.397 e. The maximum absolute atomic E-state index is 12.5. The molecule has 106 valence electrons. The quantitative estimate of drug-likeness (QED) is 0.743. The minimum absolute atomic E-state index is 0.0911. The Kier molecular flexibility index (Phi) is 3.89. The van der Waals surface area contributed by atoms with E-state index in [-0.39, 0.29) is 11.8 Å². The zero-order valence-electron chi connectivity index (χ0n) is 10.4. The van der Waals surface area contributed by atoms with Crippen LogP contribution in [-0.4, -0.2) is 17.8 Å². The lowest BCUT2D eigenvalue weighted by molar-refractivity contribution is -0.137. The molecule has 2 atom stereocenters. The first-order valence-corrected chi connectivity index (χ1v) is 6.25. The van der Waals surface area contributed by atoms with Crippen molar-refractivity contribution in [2.24, 2.45) is 5.92 Å². The molecule has 0 spiro atoms. The zero-order chi connectivity index (χ0) is 14.0. The Morgan fingerprint density at radius 1 is 1.32 bits per heavy atom. The fraction of sp³-hybridized carbons (Fsp3) is 0.538. The number of nitrogens with one attached hydrogen (secondary N) is 1. The van der Waals surface area contributed by atoms with Gasteiger partial charge in [0.2, 0.25) is 0 Å². The van der Waals surface area contributed by atoms with Crippen molar-refractivity contribution < 1.29 is 18.3 Å². The maximum Gasteiger partial charge on any atom is 0.416 e. The van der Waals surface area contributed by atoms with Crippen molar-refractivity contribution in [1.82, 2.24) is 0 Å². The Balaban J connectivity index is 1.98. The Hall–Kier alpha value is -1.43. The van der Waals surface area contributed by atoms with Crippen molar-refractivity contribution in [3.8, 4) is 0 Å². The van der Waals surface area contributed by atoms with Crippen LogP contribution in [0, 0.1) is 5.92 Å². The van der Waals surface area contributed by atoms with Crippen LogP contribution >= 0.6 is 0 Å². The highest BCUT2D eigenvalue weighted by molar-refractivity contribution is 5.67. The van der Waals surface area contributed by atoms with E-state index >= 15 is 0 Å². The van der Waals surface area contributed by atoms with Gasteiger partial charge in [-0.3, -0.25) is 0 Å². The van der Waals surface area contributed by atoms with Gasteiger partial charge in [0, 0.05) is 6.54 Å². The molecule has 0 amide bonds. The van der Waals surface area contributed by atoms with Crippen LogP contribution in [0.2, 0.25) is 0 Å². The van der Waals surface area contributed by atoms with Crippen LogP contribution in [0.3, 0.4) is 0 Å². The molecule has 1 aromatic rings. The van der Waals surface area contributed by atoms with Crippen molar-refractivity contribution in [2.45, 2.75) is 31.5 Å². The third-order valence-electron chi connectivity index (χ3n) is 3.47. The molecular formula is C13H17F3N2O. The Bertz CT molecular complexity index is 448. The summed E-state index contributed by atoms with van der Waals surface area (Å²) in [5.74, 6) is 0.344. The minimum atomic E-state index is -4.37. The summed E-state index contributed by atoms with van der Waals surface area (Å²) in [4.78, 5) is 0. The number of aliphatic hydroxyl groups is 1. The summed E-state index contributed by atoms with van der Waals surface area (Å²) in [6.07, 6.45) is -2.18. The van der Waals surface area contributed by atoms with Crippen LogP contribution in [0.1, 0.15) is 24.8 Å². The number of aliphatic hydroxyl groups excluding tert-OH is 1. The highest BCUT2D eigenvalue weighted by Crippen LogP contribution is 2.33. The van der Waals surface area contributed by atoms with Crippen LogP contribution < -0.4 is 11.1 Å². The second kappa shape index (κ2) is 5.28. The number of nitrogen functional groups attached to an aromatic ring is 1. The average Bonchev–Trinajstić information content (AvgIpc) is 2.72. The predicted molar refractivity (Wildman–Crippen MR) is 67.7 cm³/mol.